The molecule has 2 aliphatic rings. The summed E-state index contributed by atoms with van der Waals surface area (Å²) in [4.78, 5) is 20.4. The monoisotopic (exact) mass is 361 g/mol. The number of aromatic nitrogens is 3. The van der Waals surface area contributed by atoms with Crippen molar-refractivity contribution in [1.29, 1.82) is 0 Å². The third-order valence-corrected chi connectivity index (χ3v) is 5.95. The highest BCUT2D eigenvalue weighted by atomic mass is 32.1. The lowest BCUT2D eigenvalue weighted by Gasteiger charge is -2.15. The lowest BCUT2D eigenvalue weighted by atomic mass is 9.93. The van der Waals surface area contributed by atoms with Crippen LogP contribution in [-0.4, -0.2) is 43.8 Å². The molecule has 1 atom stereocenters. The normalized spacial score (nSPS) is 19.7. The second-order valence-electron chi connectivity index (χ2n) is 6.99. The summed E-state index contributed by atoms with van der Waals surface area (Å²) in [5.74, 6) is 0.684. The molecule has 0 aromatic carbocycles. The van der Waals surface area contributed by atoms with Gasteiger partial charge in [0.05, 0.1) is 37.3 Å². The average Bonchev–Trinajstić information content (AvgIpc) is 3.22. The van der Waals surface area contributed by atoms with Crippen molar-refractivity contribution < 1.29 is 9.90 Å². The minimum absolute atomic E-state index is 0.0223. The molecule has 25 heavy (non-hydrogen) atoms. The molecule has 4 rings (SSSR count). The number of aryl methyl sites for hydroxylation is 1. The maximum Gasteiger partial charge on any atom is 0.240 e. The summed E-state index contributed by atoms with van der Waals surface area (Å²) >= 11 is 1.62. The molecular weight excluding hydrogens is 338 g/mol. The predicted octanol–water partition coefficient (Wildman–Crippen LogP) is 1.41. The Kier molecular flexibility index (Phi) is 4.58. The first kappa shape index (κ1) is 16.7. The van der Waals surface area contributed by atoms with Crippen molar-refractivity contribution in [1.82, 2.24) is 19.7 Å². The Morgan fingerprint density at radius 2 is 2.36 bits per heavy atom. The molecule has 0 radical (unpaired) electrons. The van der Waals surface area contributed by atoms with Gasteiger partial charge in [-0.2, -0.15) is 5.10 Å². The van der Waals surface area contributed by atoms with Crippen LogP contribution in [-0.2, 0) is 37.3 Å². The van der Waals surface area contributed by atoms with Gasteiger partial charge in [0.1, 0.15) is 0 Å². The molecule has 0 fully saturated rings. The number of carbonyl (C=O) groups is 1. The van der Waals surface area contributed by atoms with Crippen LogP contribution in [0, 0.1) is 5.92 Å². The first-order valence-corrected chi connectivity index (χ1v) is 9.59. The van der Waals surface area contributed by atoms with E-state index < -0.39 is 0 Å². The smallest absolute Gasteiger partial charge is 0.240 e. The zero-order valence-corrected chi connectivity index (χ0v) is 15.2. The molecule has 1 unspecified atom stereocenters. The summed E-state index contributed by atoms with van der Waals surface area (Å²) in [7, 11) is 0. The number of rotatable bonds is 5. The predicted molar refractivity (Wildman–Crippen MR) is 95.4 cm³/mol. The van der Waals surface area contributed by atoms with Gasteiger partial charge in [0.25, 0.3) is 0 Å². The van der Waals surface area contributed by atoms with Crippen LogP contribution in [0.3, 0.4) is 0 Å². The van der Waals surface area contributed by atoms with Gasteiger partial charge < -0.3 is 10.4 Å². The van der Waals surface area contributed by atoms with Gasteiger partial charge in [-0.1, -0.05) is 6.92 Å². The summed E-state index contributed by atoms with van der Waals surface area (Å²) in [6.45, 7) is 4.59. The van der Waals surface area contributed by atoms with Crippen molar-refractivity contribution in [2.45, 2.75) is 45.8 Å². The van der Waals surface area contributed by atoms with E-state index in [-0.39, 0.29) is 12.5 Å². The van der Waals surface area contributed by atoms with Crippen LogP contribution in [0.4, 0.5) is 5.13 Å². The second kappa shape index (κ2) is 6.86. The standard InChI is InChI=1S/C17H23N5O2S/c1-11-2-3-13-15(6-11)25-17(19-13)20-16(24)10-21-8-12-7-18-22(4-5-23)14(12)9-21/h7,11,23H,2-6,8-10H2,1H3,(H,19,20,24). The summed E-state index contributed by atoms with van der Waals surface area (Å²) in [6, 6.07) is 0. The Bertz CT molecular complexity index is 784. The van der Waals surface area contributed by atoms with E-state index in [1.165, 1.54) is 11.3 Å². The largest absolute Gasteiger partial charge is 0.394 e. The van der Waals surface area contributed by atoms with Crippen LogP contribution in [0.15, 0.2) is 6.20 Å². The van der Waals surface area contributed by atoms with Crippen LogP contribution >= 0.6 is 11.3 Å². The number of fused-ring (bicyclic) bond motifs is 2. The summed E-state index contributed by atoms with van der Waals surface area (Å²) in [5.41, 5.74) is 3.40. The molecular formula is C17H23N5O2S. The summed E-state index contributed by atoms with van der Waals surface area (Å²) < 4.78 is 1.82. The summed E-state index contributed by atoms with van der Waals surface area (Å²) in [6.07, 6.45) is 5.11. The van der Waals surface area contributed by atoms with Crippen molar-refractivity contribution in [2.24, 2.45) is 5.92 Å². The second-order valence-corrected chi connectivity index (χ2v) is 8.08. The van der Waals surface area contributed by atoms with Crippen LogP contribution in [0.2, 0.25) is 0 Å². The molecule has 1 aliphatic carbocycles. The fourth-order valence-electron chi connectivity index (χ4n) is 3.63. The molecule has 0 bridgehead atoms. The highest BCUT2D eigenvalue weighted by Gasteiger charge is 2.26. The quantitative estimate of drug-likeness (QED) is 0.841. The van der Waals surface area contributed by atoms with Crippen LogP contribution in [0.1, 0.15) is 35.2 Å². The van der Waals surface area contributed by atoms with Gasteiger partial charge in [-0.3, -0.25) is 14.4 Å². The minimum Gasteiger partial charge on any atom is -0.394 e. The van der Waals surface area contributed by atoms with Crippen molar-refractivity contribution in [3.8, 4) is 0 Å². The topological polar surface area (TPSA) is 83.3 Å². The number of carbonyl (C=O) groups excluding carboxylic acids is 1. The highest BCUT2D eigenvalue weighted by Crippen LogP contribution is 2.32. The van der Waals surface area contributed by atoms with E-state index >= 15 is 0 Å². The van der Waals surface area contributed by atoms with E-state index in [1.807, 2.05) is 10.9 Å². The van der Waals surface area contributed by atoms with E-state index in [2.05, 4.69) is 27.2 Å². The fourth-order valence-corrected chi connectivity index (χ4v) is 4.82. The molecule has 7 nitrogen and oxygen atoms in total. The molecule has 0 saturated heterocycles. The van der Waals surface area contributed by atoms with E-state index in [1.54, 1.807) is 11.3 Å². The van der Waals surface area contributed by atoms with Crippen molar-refractivity contribution >= 4 is 22.4 Å². The van der Waals surface area contributed by atoms with Gasteiger partial charge in [0.2, 0.25) is 5.91 Å². The number of hydrogen-bond donors (Lipinski definition) is 2. The van der Waals surface area contributed by atoms with Crippen LogP contribution in [0.5, 0.6) is 0 Å². The number of nitrogens with one attached hydrogen (secondary N) is 1. The van der Waals surface area contributed by atoms with Crippen LogP contribution < -0.4 is 5.32 Å². The third kappa shape index (κ3) is 3.47. The number of amides is 1. The van der Waals surface area contributed by atoms with Gasteiger partial charge >= 0.3 is 0 Å². The molecule has 0 saturated carbocycles. The maximum absolute atomic E-state index is 12.4. The van der Waals surface area contributed by atoms with Gasteiger partial charge in [0.15, 0.2) is 5.13 Å². The average molecular weight is 361 g/mol. The molecule has 2 N–H and O–H groups in total. The Hall–Kier alpha value is -1.77. The first-order valence-electron chi connectivity index (χ1n) is 8.77. The first-order chi connectivity index (χ1) is 12.1. The summed E-state index contributed by atoms with van der Waals surface area (Å²) in [5, 5.41) is 17.1. The maximum atomic E-state index is 12.4. The number of nitrogens with zero attached hydrogens (tertiary/aromatic N) is 4. The molecule has 8 heteroatoms. The lowest BCUT2D eigenvalue weighted by molar-refractivity contribution is -0.117. The van der Waals surface area contributed by atoms with Crippen molar-refractivity contribution in [3.05, 3.63) is 28.0 Å². The molecule has 134 valence electrons. The SMILES string of the molecule is CC1CCc2nc(NC(=O)CN3Cc4cnn(CCO)c4C3)sc2C1. The van der Waals surface area contributed by atoms with Gasteiger partial charge in [-0.15, -0.1) is 11.3 Å². The number of anilines is 1. The molecule has 0 spiro atoms. The third-order valence-electron chi connectivity index (χ3n) is 4.91. The molecule has 1 amide bonds. The Morgan fingerprint density at radius 3 is 3.20 bits per heavy atom. The van der Waals surface area contributed by atoms with Gasteiger partial charge in [-0.05, 0) is 25.2 Å². The number of aliphatic hydroxyl groups excluding tert-OH is 1. The van der Waals surface area contributed by atoms with Gasteiger partial charge in [-0.25, -0.2) is 4.98 Å². The zero-order chi connectivity index (χ0) is 17.4. The Balaban J connectivity index is 1.34. The zero-order valence-electron chi connectivity index (χ0n) is 14.4. The Labute approximate surface area is 150 Å². The molecule has 1 aliphatic heterocycles. The van der Waals surface area contributed by atoms with E-state index in [9.17, 15) is 4.79 Å². The van der Waals surface area contributed by atoms with E-state index in [0.29, 0.717) is 25.6 Å². The van der Waals surface area contributed by atoms with E-state index in [4.69, 9.17) is 5.11 Å². The molecule has 3 heterocycles. The van der Waals surface area contributed by atoms with Gasteiger partial charge in [0, 0.05) is 23.5 Å². The van der Waals surface area contributed by atoms with Crippen LogP contribution in [0.25, 0.3) is 0 Å². The van der Waals surface area contributed by atoms with Crippen molar-refractivity contribution in [2.75, 3.05) is 18.5 Å². The number of thiazole rings is 1. The lowest BCUT2D eigenvalue weighted by Crippen LogP contribution is -2.29. The Morgan fingerprint density at radius 1 is 1.48 bits per heavy atom. The van der Waals surface area contributed by atoms with Crippen molar-refractivity contribution in [3.63, 3.8) is 0 Å². The number of hydrogen-bond acceptors (Lipinski definition) is 6. The highest BCUT2D eigenvalue weighted by molar-refractivity contribution is 7.15. The van der Waals surface area contributed by atoms with E-state index in [0.717, 1.165) is 41.5 Å². The molecule has 2 aromatic heterocycles. The molecule has 2 aromatic rings. The number of aliphatic hydroxyl groups is 1. The fraction of sp³-hybridized carbons (Fsp3) is 0.588. The minimum atomic E-state index is -0.0223.